The lowest BCUT2D eigenvalue weighted by Gasteiger charge is -2.21. The van der Waals surface area contributed by atoms with Crippen molar-refractivity contribution in [3.05, 3.63) is 29.3 Å². The minimum atomic E-state index is -4.83. The van der Waals surface area contributed by atoms with Gasteiger partial charge in [-0.05, 0) is 30.0 Å². The molecular weight excluding hydrogens is 247 g/mol. The lowest BCUT2D eigenvalue weighted by molar-refractivity contribution is -0.185. The molecule has 0 bridgehead atoms. The molecule has 2 rings (SSSR count). The van der Waals surface area contributed by atoms with Crippen LogP contribution in [0.3, 0.4) is 0 Å². The van der Waals surface area contributed by atoms with E-state index >= 15 is 0 Å². The Morgan fingerprint density at radius 3 is 2.56 bits per heavy atom. The van der Waals surface area contributed by atoms with E-state index in [1.807, 2.05) is 0 Å². The summed E-state index contributed by atoms with van der Waals surface area (Å²) in [5.41, 5.74) is 1.43. The van der Waals surface area contributed by atoms with E-state index in [2.05, 4.69) is 0 Å². The van der Waals surface area contributed by atoms with E-state index in [9.17, 15) is 23.1 Å². The number of hydrogen-bond donors (Lipinski definition) is 1. The fourth-order valence-electron chi connectivity index (χ4n) is 2.14. The molecule has 1 aromatic rings. The molecule has 6 heteroatoms. The third-order valence-corrected chi connectivity index (χ3v) is 3.06. The van der Waals surface area contributed by atoms with Gasteiger partial charge in [0.25, 0.3) is 0 Å². The highest BCUT2D eigenvalue weighted by atomic mass is 19.4. The smallest absolute Gasteiger partial charge is 0.471 e. The largest absolute Gasteiger partial charge is 0.508 e. The molecule has 18 heavy (non-hydrogen) atoms. The van der Waals surface area contributed by atoms with Gasteiger partial charge in [0.1, 0.15) is 5.75 Å². The van der Waals surface area contributed by atoms with Gasteiger partial charge in [0.15, 0.2) is 0 Å². The molecule has 1 aromatic carbocycles. The van der Waals surface area contributed by atoms with Crippen LogP contribution in [0, 0.1) is 0 Å². The summed E-state index contributed by atoms with van der Waals surface area (Å²) in [4.78, 5) is 11.9. The SMILES string of the molecule is O=C(N1CCc2cccc(O)c2CC1)C(F)(F)F. The zero-order valence-electron chi connectivity index (χ0n) is 9.50. The summed E-state index contributed by atoms with van der Waals surface area (Å²) in [6.45, 7) is -0.00227. The number of amides is 1. The first-order valence-corrected chi connectivity index (χ1v) is 5.55. The quantitative estimate of drug-likeness (QED) is 0.772. The van der Waals surface area contributed by atoms with Crippen molar-refractivity contribution in [3.63, 3.8) is 0 Å². The van der Waals surface area contributed by atoms with Crippen molar-refractivity contribution in [2.75, 3.05) is 13.1 Å². The van der Waals surface area contributed by atoms with E-state index < -0.39 is 12.1 Å². The number of phenolic OH excluding ortho intramolecular Hbond substituents is 1. The summed E-state index contributed by atoms with van der Waals surface area (Å²) in [6, 6.07) is 4.91. The van der Waals surface area contributed by atoms with Gasteiger partial charge in [0, 0.05) is 13.1 Å². The van der Waals surface area contributed by atoms with Gasteiger partial charge < -0.3 is 10.0 Å². The number of carbonyl (C=O) groups is 1. The molecule has 1 aliphatic rings. The molecule has 1 amide bonds. The summed E-state index contributed by atoms with van der Waals surface area (Å²) in [7, 11) is 0. The van der Waals surface area contributed by atoms with Crippen molar-refractivity contribution in [1.82, 2.24) is 4.90 Å². The van der Waals surface area contributed by atoms with E-state index in [4.69, 9.17) is 0 Å². The minimum absolute atomic E-state index is 0.0226. The Kier molecular flexibility index (Phi) is 3.19. The molecule has 3 nitrogen and oxygen atoms in total. The second-order valence-corrected chi connectivity index (χ2v) is 4.20. The molecule has 1 aliphatic heterocycles. The third kappa shape index (κ3) is 2.42. The van der Waals surface area contributed by atoms with E-state index in [0.29, 0.717) is 12.0 Å². The number of rotatable bonds is 0. The number of nitrogens with zero attached hydrogens (tertiary/aromatic N) is 1. The van der Waals surface area contributed by atoms with Crippen LogP contribution in [0.1, 0.15) is 11.1 Å². The molecule has 1 heterocycles. The first-order valence-electron chi connectivity index (χ1n) is 5.55. The second kappa shape index (κ2) is 4.51. The lowest BCUT2D eigenvalue weighted by atomic mass is 10.0. The van der Waals surface area contributed by atoms with Crippen LogP contribution < -0.4 is 0 Å². The molecule has 0 fully saturated rings. The van der Waals surface area contributed by atoms with Crippen LogP contribution >= 0.6 is 0 Å². The number of fused-ring (bicyclic) bond motifs is 1. The van der Waals surface area contributed by atoms with Crippen molar-refractivity contribution in [2.24, 2.45) is 0 Å². The maximum atomic E-state index is 12.3. The van der Waals surface area contributed by atoms with Crippen LogP contribution in [-0.4, -0.2) is 35.2 Å². The lowest BCUT2D eigenvalue weighted by Crippen LogP contribution is -2.42. The third-order valence-electron chi connectivity index (χ3n) is 3.06. The van der Waals surface area contributed by atoms with Gasteiger partial charge in [-0.2, -0.15) is 13.2 Å². The summed E-state index contributed by atoms with van der Waals surface area (Å²) in [6.07, 6.45) is -4.27. The molecule has 0 aliphatic carbocycles. The zero-order valence-corrected chi connectivity index (χ0v) is 9.50. The van der Waals surface area contributed by atoms with Crippen molar-refractivity contribution < 1.29 is 23.1 Å². The Morgan fingerprint density at radius 1 is 1.22 bits per heavy atom. The Labute approximate surface area is 102 Å². The molecule has 0 aromatic heterocycles. The topological polar surface area (TPSA) is 40.5 Å². The highest BCUT2D eigenvalue weighted by molar-refractivity contribution is 5.82. The Morgan fingerprint density at radius 2 is 1.89 bits per heavy atom. The van der Waals surface area contributed by atoms with Crippen LogP contribution in [0.2, 0.25) is 0 Å². The summed E-state index contributed by atoms with van der Waals surface area (Å²) in [5.74, 6) is -1.73. The fraction of sp³-hybridized carbons (Fsp3) is 0.417. The fourth-order valence-corrected chi connectivity index (χ4v) is 2.14. The molecule has 0 saturated carbocycles. The Bertz CT molecular complexity index is 471. The van der Waals surface area contributed by atoms with E-state index in [1.165, 1.54) is 6.07 Å². The molecule has 0 saturated heterocycles. The van der Waals surface area contributed by atoms with Crippen molar-refractivity contribution >= 4 is 5.91 Å². The molecule has 98 valence electrons. The number of alkyl halides is 3. The maximum Gasteiger partial charge on any atom is 0.471 e. The normalized spacial score (nSPS) is 16.1. The van der Waals surface area contributed by atoms with Crippen LogP contribution in [0.15, 0.2) is 18.2 Å². The monoisotopic (exact) mass is 259 g/mol. The molecule has 0 spiro atoms. The van der Waals surface area contributed by atoms with E-state index in [0.717, 1.165) is 10.5 Å². The Hall–Kier alpha value is -1.72. The summed E-state index contributed by atoms with van der Waals surface area (Å²) < 4.78 is 37.0. The van der Waals surface area contributed by atoms with Crippen LogP contribution in [0.25, 0.3) is 0 Å². The zero-order chi connectivity index (χ0) is 13.3. The molecule has 0 atom stereocenters. The van der Waals surface area contributed by atoms with Crippen LogP contribution in [0.5, 0.6) is 5.75 Å². The average molecular weight is 259 g/mol. The van der Waals surface area contributed by atoms with Gasteiger partial charge in [-0.25, -0.2) is 0 Å². The number of carbonyl (C=O) groups excluding carboxylic acids is 1. The Balaban J connectivity index is 2.18. The van der Waals surface area contributed by atoms with Gasteiger partial charge in [-0.3, -0.25) is 4.79 Å². The van der Waals surface area contributed by atoms with E-state index in [1.54, 1.807) is 12.1 Å². The van der Waals surface area contributed by atoms with Crippen LogP contribution in [0.4, 0.5) is 13.2 Å². The predicted molar refractivity (Wildman–Crippen MR) is 58.1 cm³/mol. The molecular formula is C12H12F3NO2. The van der Waals surface area contributed by atoms with E-state index in [-0.39, 0.29) is 25.3 Å². The van der Waals surface area contributed by atoms with Gasteiger partial charge >= 0.3 is 12.1 Å². The predicted octanol–water partition coefficient (Wildman–Crippen LogP) is 1.88. The molecule has 1 N–H and O–H groups in total. The van der Waals surface area contributed by atoms with Gasteiger partial charge in [0.2, 0.25) is 0 Å². The number of halogens is 3. The maximum absolute atomic E-state index is 12.3. The first-order chi connectivity index (χ1) is 8.39. The first kappa shape index (κ1) is 12.7. The number of phenols is 1. The van der Waals surface area contributed by atoms with Gasteiger partial charge in [-0.1, -0.05) is 12.1 Å². The minimum Gasteiger partial charge on any atom is -0.508 e. The second-order valence-electron chi connectivity index (χ2n) is 4.20. The number of aromatic hydroxyl groups is 1. The average Bonchev–Trinajstić information content (AvgIpc) is 2.50. The number of hydrogen-bond acceptors (Lipinski definition) is 2. The highest BCUT2D eigenvalue weighted by Gasteiger charge is 2.42. The summed E-state index contributed by atoms with van der Waals surface area (Å²) in [5, 5.41) is 9.64. The molecule has 0 unspecified atom stereocenters. The number of benzene rings is 1. The van der Waals surface area contributed by atoms with Crippen molar-refractivity contribution in [1.29, 1.82) is 0 Å². The van der Waals surface area contributed by atoms with Gasteiger partial charge in [-0.15, -0.1) is 0 Å². The van der Waals surface area contributed by atoms with Crippen molar-refractivity contribution in [2.45, 2.75) is 19.0 Å². The summed E-state index contributed by atoms with van der Waals surface area (Å²) >= 11 is 0. The van der Waals surface area contributed by atoms with Crippen molar-refractivity contribution in [3.8, 4) is 5.75 Å². The van der Waals surface area contributed by atoms with Gasteiger partial charge in [0.05, 0.1) is 0 Å². The molecule has 0 radical (unpaired) electrons. The van der Waals surface area contributed by atoms with Crippen LogP contribution in [-0.2, 0) is 17.6 Å². The standard InChI is InChI=1S/C12H12F3NO2/c13-12(14,15)11(18)16-6-4-8-2-1-3-10(17)9(8)5-7-16/h1-3,17H,4-7H2. The highest BCUT2D eigenvalue weighted by Crippen LogP contribution is 2.26.